The number of oxime groups is 1. The van der Waals surface area contributed by atoms with Gasteiger partial charge in [-0.3, -0.25) is 0 Å². The van der Waals surface area contributed by atoms with E-state index in [0.717, 1.165) is 31.6 Å². The fraction of sp³-hybridized carbons (Fsp3) is 0.533. The molecule has 1 aliphatic rings. The average Bonchev–Trinajstić information content (AvgIpc) is 2.48. The lowest BCUT2D eigenvalue weighted by Crippen LogP contribution is -2.45. The van der Waals surface area contributed by atoms with E-state index >= 15 is 0 Å². The van der Waals surface area contributed by atoms with Crippen molar-refractivity contribution < 1.29 is 14.7 Å². The second-order valence-electron chi connectivity index (χ2n) is 5.15. The Kier molecular flexibility index (Phi) is 5.41. The molecule has 4 N–H and O–H groups in total. The van der Waals surface area contributed by atoms with Crippen LogP contribution in [-0.4, -0.2) is 36.9 Å². The highest BCUT2D eigenvalue weighted by molar-refractivity contribution is 5.99. The predicted octanol–water partition coefficient (Wildman–Crippen LogP) is 1.45. The lowest BCUT2D eigenvalue weighted by molar-refractivity contribution is -0.0102. The SMILES string of the molecule is CCOC1CC(NCc2ccc(OC)c(/C(N)=N/O)c2)C1. The van der Waals surface area contributed by atoms with E-state index in [1.54, 1.807) is 7.11 Å². The summed E-state index contributed by atoms with van der Waals surface area (Å²) in [6.45, 7) is 3.53. The van der Waals surface area contributed by atoms with Crippen molar-refractivity contribution in [2.45, 2.75) is 38.5 Å². The number of hydrogen-bond acceptors (Lipinski definition) is 5. The second-order valence-corrected chi connectivity index (χ2v) is 5.15. The van der Waals surface area contributed by atoms with Crippen molar-refractivity contribution in [1.82, 2.24) is 5.32 Å². The van der Waals surface area contributed by atoms with E-state index in [9.17, 15) is 0 Å². The molecule has 1 fully saturated rings. The highest BCUT2D eigenvalue weighted by Gasteiger charge is 2.28. The molecule has 1 aromatic carbocycles. The maximum Gasteiger partial charge on any atom is 0.173 e. The molecule has 6 nitrogen and oxygen atoms in total. The minimum Gasteiger partial charge on any atom is -0.496 e. The first-order valence-corrected chi connectivity index (χ1v) is 7.17. The number of nitrogens with one attached hydrogen (secondary N) is 1. The van der Waals surface area contributed by atoms with E-state index < -0.39 is 0 Å². The van der Waals surface area contributed by atoms with Gasteiger partial charge < -0.3 is 25.7 Å². The van der Waals surface area contributed by atoms with Crippen molar-refractivity contribution >= 4 is 5.84 Å². The number of nitrogens with zero attached hydrogens (tertiary/aromatic N) is 1. The van der Waals surface area contributed by atoms with Gasteiger partial charge in [0.2, 0.25) is 0 Å². The fourth-order valence-electron chi connectivity index (χ4n) is 2.49. The molecule has 0 saturated heterocycles. The van der Waals surface area contributed by atoms with Gasteiger partial charge >= 0.3 is 0 Å². The Morgan fingerprint density at radius 3 is 2.86 bits per heavy atom. The molecule has 1 aromatic rings. The third kappa shape index (κ3) is 3.86. The van der Waals surface area contributed by atoms with Crippen LogP contribution in [0.1, 0.15) is 30.9 Å². The molecule has 0 bridgehead atoms. The first-order chi connectivity index (χ1) is 10.2. The molecule has 0 aliphatic heterocycles. The van der Waals surface area contributed by atoms with Crippen LogP contribution in [-0.2, 0) is 11.3 Å². The standard InChI is InChI=1S/C15H23N3O3/c1-3-21-12-7-11(8-12)17-9-10-4-5-14(20-2)13(6-10)15(16)18-19/h4-6,11-12,17,19H,3,7-9H2,1-2H3,(H2,16,18). The first-order valence-electron chi connectivity index (χ1n) is 7.17. The zero-order chi connectivity index (χ0) is 15.2. The van der Waals surface area contributed by atoms with Crippen LogP contribution in [0.15, 0.2) is 23.4 Å². The van der Waals surface area contributed by atoms with E-state index in [2.05, 4.69) is 10.5 Å². The van der Waals surface area contributed by atoms with Crippen LogP contribution in [0, 0.1) is 0 Å². The maximum atomic E-state index is 8.82. The molecule has 0 amide bonds. The number of rotatable bonds is 7. The number of ether oxygens (including phenoxy) is 2. The molecule has 6 heteroatoms. The van der Waals surface area contributed by atoms with E-state index in [-0.39, 0.29) is 5.84 Å². The Hall–Kier alpha value is -1.79. The van der Waals surface area contributed by atoms with Crippen molar-refractivity contribution in [3.63, 3.8) is 0 Å². The van der Waals surface area contributed by atoms with Gasteiger partial charge in [0.15, 0.2) is 5.84 Å². The van der Waals surface area contributed by atoms with Gasteiger partial charge in [-0.15, -0.1) is 0 Å². The van der Waals surface area contributed by atoms with Gasteiger partial charge in [0.25, 0.3) is 0 Å². The summed E-state index contributed by atoms with van der Waals surface area (Å²) in [6.07, 6.45) is 2.50. The van der Waals surface area contributed by atoms with Gasteiger partial charge in [-0.25, -0.2) is 0 Å². The van der Waals surface area contributed by atoms with E-state index in [1.807, 2.05) is 25.1 Å². The van der Waals surface area contributed by atoms with Crippen LogP contribution in [0.5, 0.6) is 5.75 Å². The summed E-state index contributed by atoms with van der Waals surface area (Å²) in [5, 5.41) is 15.3. The molecule has 0 aromatic heterocycles. The molecule has 0 radical (unpaired) electrons. The number of nitrogens with two attached hydrogens (primary N) is 1. The summed E-state index contributed by atoms with van der Waals surface area (Å²) in [7, 11) is 1.56. The van der Waals surface area contributed by atoms with Crippen LogP contribution in [0.2, 0.25) is 0 Å². The van der Waals surface area contributed by atoms with Crippen molar-refractivity contribution in [3.8, 4) is 5.75 Å². The molecule has 21 heavy (non-hydrogen) atoms. The van der Waals surface area contributed by atoms with Crippen molar-refractivity contribution in [3.05, 3.63) is 29.3 Å². The molecule has 0 unspecified atom stereocenters. The van der Waals surface area contributed by atoms with Crippen LogP contribution >= 0.6 is 0 Å². The second kappa shape index (κ2) is 7.28. The monoisotopic (exact) mass is 293 g/mol. The topological polar surface area (TPSA) is 89.1 Å². The minimum atomic E-state index is 0.0498. The molecule has 0 heterocycles. The molecular weight excluding hydrogens is 270 g/mol. The Bertz CT molecular complexity index is 499. The summed E-state index contributed by atoms with van der Waals surface area (Å²) in [4.78, 5) is 0. The van der Waals surface area contributed by atoms with Gasteiger partial charge in [0.05, 0.1) is 18.8 Å². The van der Waals surface area contributed by atoms with E-state index in [1.165, 1.54) is 0 Å². The molecule has 1 aliphatic carbocycles. The summed E-state index contributed by atoms with van der Waals surface area (Å²) in [5.74, 6) is 0.642. The summed E-state index contributed by atoms with van der Waals surface area (Å²) in [6, 6.07) is 6.17. The van der Waals surface area contributed by atoms with Crippen LogP contribution in [0.25, 0.3) is 0 Å². The highest BCUT2D eigenvalue weighted by atomic mass is 16.5. The molecule has 1 saturated carbocycles. The van der Waals surface area contributed by atoms with Gasteiger partial charge in [-0.2, -0.15) is 0 Å². The Labute approximate surface area is 124 Å². The lowest BCUT2D eigenvalue weighted by atomic mass is 9.89. The van der Waals surface area contributed by atoms with Gasteiger partial charge in [-0.1, -0.05) is 11.2 Å². The zero-order valence-corrected chi connectivity index (χ0v) is 12.5. The smallest absolute Gasteiger partial charge is 0.173 e. The van der Waals surface area contributed by atoms with Gasteiger partial charge in [0.1, 0.15) is 5.75 Å². The maximum absolute atomic E-state index is 8.82. The quantitative estimate of drug-likeness (QED) is 0.306. The summed E-state index contributed by atoms with van der Waals surface area (Å²) in [5.41, 5.74) is 7.33. The van der Waals surface area contributed by atoms with Crippen molar-refractivity contribution in [1.29, 1.82) is 0 Å². The van der Waals surface area contributed by atoms with Crippen LogP contribution < -0.4 is 15.8 Å². The Balaban J connectivity index is 1.92. The molecule has 0 spiro atoms. The predicted molar refractivity (Wildman–Crippen MR) is 80.8 cm³/mol. The van der Waals surface area contributed by atoms with Crippen molar-refractivity contribution in [2.24, 2.45) is 10.9 Å². The Morgan fingerprint density at radius 2 is 2.24 bits per heavy atom. The zero-order valence-electron chi connectivity index (χ0n) is 12.5. The molecular formula is C15H23N3O3. The van der Waals surface area contributed by atoms with Crippen LogP contribution in [0.3, 0.4) is 0 Å². The van der Waals surface area contributed by atoms with Crippen molar-refractivity contribution in [2.75, 3.05) is 13.7 Å². The third-order valence-corrected chi connectivity index (χ3v) is 3.74. The van der Waals surface area contributed by atoms with E-state index in [4.69, 9.17) is 20.4 Å². The highest BCUT2D eigenvalue weighted by Crippen LogP contribution is 2.24. The number of amidine groups is 1. The third-order valence-electron chi connectivity index (χ3n) is 3.74. The number of benzene rings is 1. The van der Waals surface area contributed by atoms with Gasteiger partial charge in [-0.05, 0) is 37.5 Å². The molecule has 0 atom stereocenters. The molecule has 116 valence electrons. The minimum absolute atomic E-state index is 0.0498. The van der Waals surface area contributed by atoms with E-state index in [0.29, 0.717) is 23.5 Å². The Morgan fingerprint density at radius 1 is 1.48 bits per heavy atom. The van der Waals surface area contributed by atoms with Gasteiger partial charge in [0, 0.05) is 19.2 Å². The lowest BCUT2D eigenvalue weighted by Gasteiger charge is -2.35. The summed E-state index contributed by atoms with van der Waals surface area (Å²) >= 11 is 0. The largest absolute Gasteiger partial charge is 0.496 e. The van der Waals surface area contributed by atoms with Crippen LogP contribution in [0.4, 0.5) is 0 Å². The first kappa shape index (κ1) is 15.6. The summed E-state index contributed by atoms with van der Waals surface area (Å²) < 4.78 is 10.8. The fourth-order valence-corrected chi connectivity index (χ4v) is 2.49. The number of methoxy groups -OCH3 is 1. The number of hydrogen-bond donors (Lipinski definition) is 3. The normalized spacial score (nSPS) is 21.9. The average molecular weight is 293 g/mol. The molecule has 2 rings (SSSR count).